The van der Waals surface area contributed by atoms with E-state index in [1.165, 1.54) is 6.42 Å². The average Bonchev–Trinajstić information content (AvgIpc) is 2.75. The first-order valence-electron chi connectivity index (χ1n) is 6.79. The van der Waals surface area contributed by atoms with Gasteiger partial charge in [-0.3, -0.25) is 4.79 Å². The molecule has 1 amide bonds. The molecule has 98 valence electrons. The molecule has 2 atom stereocenters. The normalized spacial score (nSPS) is 23.0. The minimum atomic E-state index is 0.0490. The van der Waals surface area contributed by atoms with Gasteiger partial charge in [-0.2, -0.15) is 0 Å². The Bertz CT molecular complexity index is 417. The Morgan fingerprint density at radius 3 is 2.94 bits per heavy atom. The standard InChI is InChI=1S/C15H22N2O/c1-11-5-6-14(9-11)17-15(18)13-4-2-3-12(10-13)7-8-16/h2-4,10-11,14H,5-9,16H2,1H3,(H,17,18). The molecule has 0 spiro atoms. The smallest absolute Gasteiger partial charge is 0.251 e. The number of hydrogen-bond donors (Lipinski definition) is 2. The second-order valence-corrected chi connectivity index (χ2v) is 5.33. The molecule has 3 N–H and O–H groups in total. The molecule has 1 aliphatic carbocycles. The van der Waals surface area contributed by atoms with Crippen molar-refractivity contribution in [3.8, 4) is 0 Å². The Balaban J connectivity index is 1.97. The fourth-order valence-electron chi connectivity index (χ4n) is 2.64. The van der Waals surface area contributed by atoms with Gasteiger partial charge in [0.2, 0.25) is 0 Å². The molecule has 0 saturated heterocycles. The van der Waals surface area contributed by atoms with Crippen LogP contribution in [-0.4, -0.2) is 18.5 Å². The second-order valence-electron chi connectivity index (χ2n) is 5.33. The molecule has 1 aromatic carbocycles. The lowest BCUT2D eigenvalue weighted by Crippen LogP contribution is -2.32. The van der Waals surface area contributed by atoms with Crippen LogP contribution in [0.15, 0.2) is 24.3 Å². The van der Waals surface area contributed by atoms with Gasteiger partial charge in [0.25, 0.3) is 5.91 Å². The molecular formula is C15H22N2O. The highest BCUT2D eigenvalue weighted by Gasteiger charge is 2.22. The predicted molar refractivity (Wildman–Crippen MR) is 73.5 cm³/mol. The van der Waals surface area contributed by atoms with Crippen molar-refractivity contribution < 1.29 is 4.79 Å². The highest BCUT2D eigenvalue weighted by Crippen LogP contribution is 2.24. The summed E-state index contributed by atoms with van der Waals surface area (Å²) in [7, 11) is 0. The van der Waals surface area contributed by atoms with Crippen LogP contribution in [-0.2, 0) is 6.42 Å². The van der Waals surface area contributed by atoms with Gasteiger partial charge in [0, 0.05) is 11.6 Å². The maximum Gasteiger partial charge on any atom is 0.251 e. The number of carbonyl (C=O) groups excluding carboxylic acids is 1. The maximum atomic E-state index is 12.1. The van der Waals surface area contributed by atoms with Crippen LogP contribution in [0.4, 0.5) is 0 Å². The van der Waals surface area contributed by atoms with Crippen molar-refractivity contribution in [2.45, 2.75) is 38.6 Å². The number of nitrogens with one attached hydrogen (secondary N) is 1. The summed E-state index contributed by atoms with van der Waals surface area (Å²) in [6, 6.07) is 8.11. The lowest BCUT2D eigenvalue weighted by Gasteiger charge is -2.13. The molecule has 2 rings (SSSR count). The summed E-state index contributed by atoms with van der Waals surface area (Å²) in [5, 5.41) is 3.12. The summed E-state index contributed by atoms with van der Waals surface area (Å²) in [5.74, 6) is 0.784. The van der Waals surface area contributed by atoms with Crippen molar-refractivity contribution in [1.29, 1.82) is 0 Å². The topological polar surface area (TPSA) is 55.1 Å². The van der Waals surface area contributed by atoms with Gasteiger partial charge in [-0.05, 0) is 55.8 Å². The van der Waals surface area contributed by atoms with E-state index >= 15 is 0 Å². The number of hydrogen-bond acceptors (Lipinski definition) is 2. The first-order chi connectivity index (χ1) is 8.69. The zero-order chi connectivity index (χ0) is 13.0. The quantitative estimate of drug-likeness (QED) is 0.855. The van der Waals surface area contributed by atoms with Crippen LogP contribution in [0.25, 0.3) is 0 Å². The summed E-state index contributed by atoms with van der Waals surface area (Å²) in [5.41, 5.74) is 7.41. The van der Waals surface area contributed by atoms with E-state index in [4.69, 9.17) is 5.73 Å². The van der Waals surface area contributed by atoms with Gasteiger partial charge < -0.3 is 11.1 Å². The molecule has 1 saturated carbocycles. The van der Waals surface area contributed by atoms with Crippen LogP contribution in [0.3, 0.4) is 0 Å². The Kier molecular flexibility index (Phi) is 4.37. The molecule has 3 heteroatoms. The van der Waals surface area contributed by atoms with E-state index in [9.17, 15) is 4.79 Å². The molecule has 18 heavy (non-hydrogen) atoms. The van der Waals surface area contributed by atoms with Crippen LogP contribution in [0.1, 0.15) is 42.1 Å². The third-order valence-electron chi connectivity index (χ3n) is 3.65. The van der Waals surface area contributed by atoms with Crippen molar-refractivity contribution in [2.75, 3.05) is 6.54 Å². The Labute approximate surface area is 109 Å². The minimum Gasteiger partial charge on any atom is -0.349 e. The van der Waals surface area contributed by atoms with E-state index in [-0.39, 0.29) is 5.91 Å². The van der Waals surface area contributed by atoms with Gasteiger partial charge in [0.05, 0.1) is 0 Å². The molecule has 1 fully saturated rings. The van der Waals surface area contributed by atoms with Crippen LogP contribution in [0, 0.1) is 5.92 Å². The molecule has 2 unspecified atom stereocenters. The number of nitrogens with two attached hydrogens (primary N) is 1. The molecule has 0 heterocycles. The van der Waals surface area contributed by atoms with Crippen molar-refractivity contribution in [3.63, 3.8) is 0 Å². The van der Waals surface area contributed by atoms with Crippen LogP contribution in [0.5, 0.6) is 0 Å². The van der Waals surface area contributed by atoms with E-state index in [1.807, 2.05) is 24.3 Å². The van der Waals surface area contributed by atoms with Crippen molar-refractivity contribution in [2.24, 2.45) is 11.7 Å². The highest BCUT2D eigenvalue weighted by molar-refractivity contribution is 5.94. The molecule has 0 aromatic heterocycles. The first-order valence-corrected chi connectivity index (χ1v) is 6.79. The number of rotatable bonds is 4. The monoisotopic (exact) mass is 246 g/mol. The predicted octanol–water partition coefficient (Wildman–Crippen LogP) is 2.11. The number of amides is 1. The Morgan fingerprint density at radius 2 is 2.28 bits per heavy atom. The van der Waals surface area contributed by atoms with Crippen LogP contribution in [0.2, 0.25) is 0 Å². The lowest BCUT2D eigenvalue weighted by molar-refractivity contribution is 0.0937. The van der Waals surface area contributed by atoms with Gasteiger partial charge in [0.15, 0.2) is 0 Å². The molecule has 3 nitrogen and oxygen atoms in total. The maximum absolute atomic E-state index is 12.1. The van der Waals surface area contributed by atoms with Gasteiger partial charge >= 0.3 is 0 Å². The first kappa shape index (κ1) is 13.1. The molecule has 1 aromatic rings. The largest absolute Gasteiger partial charge is 0.349 e. The molecular weight excluding hydrogens is 224 g/mol. The SMILES string of the molecule is CC1CCC(NC(=O)c2cccc(CCN)c2)C1. The van der Waals surface area contributed by atoms with E-state index < -0.39 is 0 Å². The van der Waals surface area contributed by atoms with Crippen molar-refractivity contribution in [3.05, 3.63) is 35.4 Å². The van der Waals surface area contributed by atoms with E-state index in [0.29, 0.717) is 12.6 Å². The van der Waals surface area contributed by atoms with Gasteiger partial charge in [-0.25, -0.2) is 0 Å². The van der Waals surface area contributed by atoms with E-state index in [2.05, 4.69) is 12.2 Å². The molecule has 1 aliphatic rings. The summed E-state index contributed by atoms with van der Waals surface area (Å²) in [6.07, 6.45) is 4.25. The Hall–Kier alpha value is -1.35. The highest BCUT2D eigenvalue weighted by atomic mass is 16.1. The zero-order valence-corrected chi connectivity index (χ0v) is 11.0. The number of carbonyl (C=O) groups is 1. The van der Waals surface area contributed by atoms with E-state index in [1.54, 1.807) is 0 Å². The van der Waals surface area contributed by atoms with E-state index in [0.717, 1.165) is 36.3 Å². The summed E-state index contributed by atoms with van der Waals surface area (Å²) in [4.78, 5) is 12.1. The average molecular weight is 246 g/mol. The lowest BCUT2D eigenvalue weighted by atomic mass is 10.1. The van der Waals surface area contributed by atoms with Crippen molar-refractivity contribution in [1.82, 2.24) is 5.32 Å². The third-order valence-corrected chi connectivity index (χ3v) is 3.65. The molecule has 0 bridgehead atoms. The summed E-state index contributed by atoms with van der Waals surface area (Å²) >= 11 is 0. The fraction of sp³-hybridized carbons (Fsp3) is 0.533. The van der Waals surface area contributed by atoms with Gasteiger partial charge in [-0.1, -0.05) is 19.1 Å². The van der Waals surface area contributed by atoms with Gasteiger partial charge in [0.1, 0.15) is 0 Å². The Morgan fingerprint density at radius 1 is 1.44 bits per heavy atom. The molecule has 0 aliphatic heterocycles. The molecule has 0 radical (unpaired) electrons. The zero-order valence-electron chi connectivity index (χ0n) is 11.0. The van der Waals surface area contributed by atoms with Crippen molar-refractivity contribution >= 4 is 5.91 Å². The minimum absolute atomic E-state index is 0.0490. The summed E-state index contributed by atoms with van der Waals surface area (Å²) < 4.78 is 0. The second kappa shape index (κ2) is 6.01. The summed E-state index contributed by atoms with van der Waals surface area (Å²) in [6.45, 7) is 2.86. The fourth-order valence-corrected chi connectivity index (χ4v) is 2.64. The number of benzene rings is 1. The van der Waals surface area contributed by atoms with Crippen LogP contribution >= 0.6 is 0 Å². The van der Waals surface area contributed by atoms with Gasteiger partial charge in [-0.15, -0.1) is 0 Å². The van der Waals surface area contributed by atoms with Crippen LogP contribution < -0.4 is 11.1 Å². The third kappa shape index (κ3) is 3.33.